The van der Waals surface area contributed by atoms with E-state index < -0.39 is 5.97 Å². The molecule has 0 aliphatic rings. The van der Waals surface area contributed by atoms with E-state index >= 15 is 0 Å². The first-order chi connectivity index (χ1) is 8.08. The van der Waals surface area contributed by atoms with Crippen LogP contribution >= 0.6 is 0 Å². The molecule has 0 spiro atoms. The molecule has 1 N–H and O–H groups in total. The summed E-state index contributed by atoms with van der Waals surface area (Å²) in [6, 6.07) is 8.01. The van der Waals surface area contributed by atoms with Crippen molar-refractivity contribution in [1.82, 2.24) is 9.55 Å². The highest BCUT2D eigenvalue weighted by atomic mass is 16.4. The fourth-order valence-corrected chi connectivity index (χ4v) is 1.61. The van der Waals surface area contributed by atoms with Crippen molar-refractivity contribution < 1.29 is 9.90 Å². The summed E-state index contributed by atoms with van der Waals surface area (Å²) in [6.45, 7) is 4.27. The summed E-state index contributed by atoms with van der Waals surface area (Å²) < 4.78 is 1.70. The standard InChI is InChI=1S/C13H14N2O2/c1-9(2)10-3-5-11(6-4-10)15-7-12(13(16)17)14-8-15/h3-9H,1-2H3,(H,16,17). The van der Waals surface area contributed by atoms with E-state index in [0.29, 0.717) is 5.92 Å². The molecule has 0 unspecified atom stereocenters. The van der Waals surface area contributed by atoms with Crippen molar-refractivity contribution in [3.05, 3.63) is 48.0 Å². The second kappa shape index (κ2) is 4.41. The minimum atomic E-state index is -1.01. The van der Waals surface area contributed by atoms with Crippen molar-refractivity contribution in [1.29, 1.82) is 0 Å². The highest BCUT2D eigenvalue weighted by molar-refractivity contribution is 5.85. The van der Waals surface area contributed by atoms with Gasteiger partial charge in [0, 0.05) is 11.9 Å². The van der Waals surface area contributed by atoms with Crippen LogP contribution in [0.1, 0.15) is 35.8 Å². The van der Waals surface area contributed by atoms with Crippen molar-refractivity contribution in [2.24, 2.45) is 0 Å². The molecule has 0 radical (unpaired) electrons. The molecule has 4 nitrogen and oxygen atoms in total. The number of carboxylic acids is 1. The summed E-state index contributed by atoms with van der Waals surface area (Å²) in [6.07, 6.45) is 3.01. The van der Waals surface area contributed by atoms with E-state index in [9.17, 15) is 4.79 Å². The number of nitrogens with zero attached hydrogens (tertiary/aromatic N) is 2. The van der Waals surface area contributed by atoms with Gasteiger partial charge in [0.1, 0.15) is 6.33 Å². The first-order valence-corrected chi connectivity index (χ1v) is 5.45. The number of carbonyl (C=O) groups is 1. The van der Waals surface area contributed by atoms with E-state index in [0.717, 1.165) is 5.69 Å². The number of carboxylic acid groups (broad SMARTS) is 1. The van der Waals surface area contributed by atoms with Gasteiger partial charge in [0.15, 0.2) is 5.69 Å². The minimum absolute atomic E-state index is 0.0536. The van der Waals surface area contributed by atoms with E-state index in [1.165, 1.54) is 18.1 Å². The van der Waals surface area contributed by atoms with Gasteiger partial charge in [0.05, 0.1) is 0 Å². The molecule has 0 amide bonds. The Kier molecular flexibility index (Phi) is 2.95. The number of imidazole rings is 1. The van der Waals surface area contributed by atoms with Crippen LogP contribution in [0.25, 0.3) is 5.69 Å². The molecular weight excluding hydrogens is 216 g/mol. The monoisotopic (exact) mass is 230 g/mol. The van der Waals surface area contributed by atoms with Crippen LogP contribution in [0.5, 0.6) is 0 Å². The second-order valence-electron chi connectivity index (χ2n) is 4.22. The summed E-state index contributed by atoms with van der Waals surface area (Å²) in [5, 5.41) is 8.79. The molecule has 1 aromatic heterocycles. The molecule has 1 aromatic carbocycles. The number of hydrogen-bond acceptors (Lipinski definition) is 2. The predicted molar refractivity (Wildman–Crippen MR) is 64.6 cm³/mol. The molecule has 0 aliphatic carbocycles. The lowest BCUT2D eigenvalue weighted by atomic mass is 10.0. The van der Waals surface area contributed by atoms with Gasteiger partial charge < -0.3 is 9.67 Å². The van der Waals surface area contributed by atoms with Crippen LogP contribution < -0.4 is 0 Å². The highest BCUT2D eigenvalue weighted by Gasteiger charge is 2.07. The van der Waals surface area contributed by atoms with Gasteiger partial charge in [-0.25, -0.2) is 9.78 Å². The van der Waals surface area contributed by atoms with Gasteiger partial charge in [-0.3, -0.25) is 0 Å². The van der Waals surface area contributed by atoms with Gasteiger partial charge in [-0.05, 0) is 23.6 Å². The number of hydrogen-bond donors (Lipinski definition) is 1. The quantitative estimate of drug-likeness (QED) is 0.882. The molecule has 0 saturated heterocycles. The van der Waals surface area contributed by atoms with Crippen molar-refractivity contribution >= 4 is 5.97 Å². The van der Waals surface area contributed by atoms with Crippen molar-refractivity contribution in [3.8, 4) is 5.69 Å². The predicted octanol–water partition coefficient (Wildman–Crippen LogP) is 2.69. The third-order valence-corrected chi connectivity index (χ3v) is 2.66. The first-order valence-electron chi connectivity index (χ1n) is 5.45. The summed E-state index contributed by atoms with van der Waals surface area (Å²) in [5.74, 6) is -0.524. The molecule has 2 aromatic rings. The van der Waals surface area contributed by atoms with Gasteiger partial charge >= 0.3 is 5.97 Å². The van der Waals surface area contributed by atoms with Crippen LogP contribution in [-0.2, 0) is 0 Å². The molecule has 1 heterocycles. The third kappa shape index (κ3) is 2.36. The lowest BCUT2D eigenvalue weighted by Gasteiger charge is -2.07. The maximum atomic E-state index is 10.7. The second-order valence-corrected chi connectivity index (χ2v) is 4.22. The van der Waals surface area contributed by atoms with Crippen LogP contribution in [0.4, 0.5) is 0 Å². The molecule has 2 rings (SSSR count). The van der Waals surface area contributed by atoms with Crippen LogP contribution in [0, 0.1) is 0 Å². The summed E-state index contributed by atoms with van der Waals surface area (Å²) in [5.41, 5.74) is 2.22. The van der Waals surface area contributed by atoms with Gasteiger partial charge in [-0.2, -0.15) is 0 Å². The Labute approximate surface area is 99.5 Å². The van der Waals surface area contributed by atoms with Gasteiger partial charge in [-0.1, -0.05) is 26.0 Å². The molecule has 0 fully saturated rings. The summed E-state index contributed by atoms with van der Waals surface area (Å²) in [7, 11) is 0. The van der Waals surface area contributed by atoms with Gasteiger partial charge in [-0.15, -0.1) is 0 Å². The van der Waals surface area contributed by atoms with E-state index in [-0.39, 0.29) is 5.69 Å². The van der Waals surface area contributed by atoms with Crippen molar-refractivity contribution in [2.45, 2.75) is 19.8 Å². The normalized spacial score (nSPS) is 10.8. The Balaban J connectivity index is 2.30. The lowest BCUT2D eigenvalue weighted by Crippen LogP contribution is -1.96. The van der Waals surface area contributed by atoms with Crippen LogP contribution in [0.15, 0.2) is 36.8 Å². The molecular formula is C13H14N2O2. The number of aromatic carboxylic acids is 1. The Morgan fingerprint density at radius 2 is 1.94 bits per heavy atom. The SMILES string of the molecule is CC(C)c1ccc(-n2cnc(C(=O)O)c2)cc1. The zero-order valence-corrected chi connectivity index (χ0v) is 9.79. The molecule has 0 atom stereocenters. The van der Waals surface area contributed by atoms with Gasteiger partial charge in [0.2, 0.25) is 0 Å². The fourth-order valence-electron chi connectivity index (χ4n) is 1.61. The molecule has 88 valence electrons. The van der Waals surface area contributed by atoms with E-state index in [1.807, 2.05) is 24.3 Å². The van der Waals surface area contributed by atoms with Crippen LogP contribution in [-0.4, -0.2) is 20.6 Å². The van der Waals surface area contributed by atoms with E-state index in [4.69, 9.17) is 5.11 Å². The van der Waals surface area contributed by atoms with Gasteiger partial charge in [0.25, 0.3) is 0 Å². The Morgan fingerprint density at radius 1 is 1.29 bits per heavy atom. The number of benzene rings is 1. The Morgan fingerprint density at radius 3 is 2.41 bits per heavy atom. The average Bonchev–Trinajstić information content (AvgIpc) is 2.78. The topological polar surface area (TPSA) is 55.1 Å². The van der Waals surface area contributed by atoms with Crippen LogP contribution in [0.2, 0.25) is 0 Å². The largest absolute Gasteiger partial charge is 0.476 e. The van der Waals surface area contributed by atoms with E-state index in [2.05, 4.69) is 18.8 Å². The fraction of sp³-hybridized carbons (Fsp3) is 0.231. The molecule has 0 saturated carbocycles. The summed E-state index contributed by atoms with van der Waals surface area (Å²) in [4.78, 5) is 14.5. The molecule has 17 heavy (non-hydrogen) atoms. The summed E-state index contributed by atoms with van der Waals surface area (Å²) >= 11 is 0. The number of aromatic nitrogens is 2. The maximum Gasteiger partial charge on any atom is 0.356 e. The zero-order chi connectivity index (χ0) is 12.4. The zero-order valence-electron chi connectivity index (χ0n) is 9.79. The first kappa shape index (κ1) is 11.4. The molecule has 4 heteroatoms. The highest BCUT2D eigenvalue weighted by Crippen LogP contribution is 2.17. The maximum absolute atomic E-state index is 10.7. The average molecular weight is 230 g/mol. The van der Waals surface area contributed by atoms with Crippen LogP contribution in [0.3, 0.4) is 0 Å². The van der Waals surface area contributed by atoms with Crippen molar-refractivity contribution in [3.63, 3.8) is 0 Å². The lowest BCUT2D eigenvalue weighted by molar-refractivity contribution is 0.0691. The Hall–Kier alpha value is -2.10. The minimum Gasteiger partial charge on any atom is -0.476 e. The van der Waals surface area contributed by atoms with E-state index in [1.54, 1.807) is 4.57 Å². The molecule has 0 aliphatic heterocycles. The third-order valence-electron chi connectivity index (χ3n) is 2.66. The number of rotatable bonds is 3. The molecule has 0 bridgehead atoms. The smallest absolute Gasteiger partial charge is 0.356 e. The Bertz CT molecular complexity index is 527. The van der Waals surface area contributed by atoms with Crippen molar-refractivity contribution in [2.75, 3.05) is 0 Å².